The number of carbonyl (C=O) groups is 1. The number of nitrogens with one attached hydrogen (secondary N) is 1. The number of anilines is 2. The zero-order chi connectivity index (χ0) is 21.6. The van der Waals surface area contributed by atoms with Crippen molar-refractivity contribution in [1.82, 2.24) is 14.8 Å². The Morgan fingerprint density at radius 2 is 1.87 bits per heavy atom. The van der Waals surface area contributed by atoms with Crippen LogP contribution < -0.4 is 10.2 Å². The predicted molar refractivity (Wildman–Crippen MR) is 127 cm³/mol. The number of thioether (sulfide) groups is 1. The first-order chi connectivity index (χ1) is 15.1. The second kappa shape index (κ2) is 10.0. The van der Waals surface area contributed by atoms with E-state index >= 15 is 0 Å². The summed E-state index contributed by atoms with van der Waals surface area (Å²) in [5.74, 6) is 1.19. The summed E-state index contributed by atoms with van der Waals surface area (Å²) in [4.78, 5) is 15.0. The van der Waals surface area contributed by atoms with Crippen molar-refractivity contribution in [3.05, 3.63) is 65.5 Å². The molecule has 1 aliphatic rings. The molecular formula is C24H29N5OS. The molecule has 4 rings (SSSR count). The molecule has 0 radical (unpaired) electrons. The lowest BCUT2D eigenvalue weighted by Gasteiger charge is -2.19. The van der Waals surface area contributed by atoms with E-state index < -0.39 is 0 Å². The van der Waals surface area contributed by atoms with Crippen LogP contribution in [0.5, 0.6) is 0 Å². The summed E-state index contributed by atoms with van der Waals surface area (Å²) < 4.78 is 2.08. The number of hydrogen-bond acceptors (Lipinski definition) is 5. The van der Waals surface area contributed by atoms with E-state index in [9.17, 15) is 4.79 Å². The number of aromatic nitrogens is 3. The Kier molecular flexibility index (Phi) is 6.92. The third-order valence-corrected chi connectivity index (χ3v) is 6.57. The average molecular weight is 436 g/mol. The van der Waals surface area contributed by atoms with Crippen LogP contribution >= 0.6 is 11.8 Å². The normalized spacial score (nSPS) is 13.5. The minimum atomic E-state index is -0.0303. The number of amides is 1. The molecule has 1 saturated heterocycles. The Bertz CT molecular complexity index is 1030. The molecule has 6 nitrogen and oxygen atoms in total. The molecule has 1 fully saturated rings. The fourth-order valence-electron chi connectivity index (χ4n) is 3.93. The number of nitrogens with zero attached hydrogens (tertiary/aromatic N) is 4. The van der Waals surface area contributed by atoms with Crippen LogP contribution in [0.1, 0.15) is 36.7 Å². The van der Waals surface area contributed by atoms with E-state index in [1.165, 1.54) is 35.9 Å². The van der Waals surface area contributed by atoms with Crippen molar-refractivity contribution in [2.24, 2.45) is 0 Å². The number of hydrogen-bond donors (Lipinski definition) is 1. The second-order valence-corrected chi connectivity index (χ2v) is 8.78. The van der Waals surface area contributed by atoms with E-state index in [1.54, 1.807) is 0 Å². The maximum Gasteiger partial charge on any atom is 0.234 e. The lowest BCUT2D eigenvalue weighted by Crippen LogP contribution is -2.18. The fraction of sp³-hybridized carbons (Fsp3) is 0.375. The maximum atomic E-state index is 12.6. The molecule has 0 atom stereocenters. The van der Waals surface area contributed by atoms with Crippen LogP contribution in [0.25, 0.3) is 0 Å². The molecule has 0 unspecified atom stereocenters. The van der Waals surface area contributed by atoms with Gasteiger partial charge in [0.1, 0.15) is 5.82 Å². The van der Waals surface area contributed by atoms with E-state index in [4.69, 9.17) is 0 Å². The van der Waals surface area contributed by atoms with Gasteiger partial charge in [0.15, 0.2) is 5.16 Å². The van der Waals surface area contributed by atoms with Crippen LogP contribution in [-0.2, 0) is 17.8 Å². The van der Waals surface area contributed by atoms with Crippen molar-refractivity contribution in [3.8, 4) is 0 Å². The number of aryl methyl sites for hydroxylation is 1. The molecule has 1 N–H and O–H groups in total. The van der Waals surface area contributed by atoms with Gasteiger partial charge in [0.25, 0.3) is 0 Å². The van der Waals surface area contributed by atoms with Gasteiger partial charge in [-0.05, 0) is 56.0 Å². The SMILES string of the molecule is CCn1c(Cc2ccccc2)nnc1SCC(=O)Nc1ccc(N2CCCC2)cc1C. The van der Waals surface area contributed by atoms with Gasteiger partial charge >= 0.3 is 0 Å². The molecule has 1 amide bonds. The van der Waals surface area contributed by atoms with Gasteiger partial charge in [-0.2, -0.15) is 0 Å². The zero-order valence-corrected chi connectivity index (χ0v) is 19.0. The first kappa shape index (κ1) is 21.4. The van der Waals surface area contributed by atoms with E-state index in [0.717, 1.165) is 48.3 Å². The van der Waals surface area contributed by atoms with Crippen LogP contribution in [0.2, 0.25) is 0 Å². The summed E-state index contributed by atoms with van der Waals surface area (Å²) in [6, 6.07) is 16.5. The van der Waals surface area contributed by atoms with Crippen LogP contribution in [0.3, 0.4) is 0 Å². The van der Waals surface area contributed by atoms with Crippen molar-refractivity contribution in [1.29, 1.82) is 0 Å². The highest BCUT2D eigenvalue weighted by atomic mass is 32.2. The zero-order valence-electron chi connectivity index (χ0n) is 18.2. The number of carbonyl (C=O) groups excluding carboxylic acids is 1. The lowest BCUT2D eigenvalue weighted by molar-refractivity contribution is -0.113. The monoisotopic (exact) mass is 435 g/mol. The van der Waals surface area contributed by atoms with Crippen LogP contribution in [0, 0.1) is 6.92 Å². The van der Waals surface area contributed by atoms with E-state index in [2.05, 4.69) is 56.2 Å². The second-order valence-electron chi connectivity index (χ2n) is 7.84. The first-order valence-electron chi connectivity index (χ1n) is 10.9. The van der Waals surface area contributed by atoms with E-state index in [1.807, 2.05) is 31.2 Å². The number of benzene rings is 2. The maximum absolute atomic E-state index is 12.6. The van der Waals surface area contributed by atoms with Gasteiger partial charge in [0.2, 0.25) is 5.91 Å². The summed E-state index contributed by atoms with van der Waals surface area (Å²) in [6.45, 7) is 7.13. The van der Waals surface area contributed by atoms with Gasteiger partial charge in [-0.15, -0.1) is 10.2 Å². The Hall–Kier alpha value is -2.80. The highest BCUT2D eigenvalue weighted by Gasteiger charge is 2.16. The molecular weight excluding hydrogens is 406 g/mol. The van der Waals surface area contributed by atoms with Crippen LogP contribution in [0.15, 0.2) is 53.7 Å². The third kappa shape index (κ3) is 5.28. The summed E-state index contributed by atoms with van der Waals surface area (Å²) in [5, 5.41) is 12.5. The van der Waals surface area contributed by atoms with Gasteiger partial charge in [-0.3, -0.25) is 4.79 Å². The molecule has 7 heteroatoms. The van der Waals surface area contributed by atoms with Crippen LogP contribution in [0.4, 0.5) is 11.4 Å². The smallest absolute Gasteiger partial charge is 0.234 e. The van der Waals surface area contributed by atoms with Gasteiger partial charge in [-0.25, -0.2) is 0 Å². The third-order valence-electron chi connectivity index (χ3n) is 5.60. The summed E-state index contributed by atoms with van der Waals surface area (Å²) in [7, 11) is 0. The molecule has 2 aromatic carbocycles. The highest BCUT2D eigenvalue weighted by molar-refractivity contribution is 7.99. The molecule has 0 aliphatic carbocycles. The van der Waals surface area contributed by atoms with Crippen molar-refractivity contribution in [2.45, 2.75) is 44.8 Å². The fourth-order valence-corrected chi connectivity index (χ4v) is 4.75. The van der Waals surface area contributed by atoms with Gasteiger partial charge in [-0.1, -0.05) is 42.1 Å². The van der Waals surface area contributed by atoms with E-state index in [-0.39, 0.29) is 5.91 Å². The summed E-state index contributed by atoms with van der Waals surface area (Å²) in [6.07, 6.45) is 3.24. The Morgan fingerprint density at radius 1 is 1.10 bits per heavy atom. The molecule has 0 saturated carbocycles. The van der Waals surface area contributed by atoms with Crippen LogP contribution in [-0.4, -0.2) is 39.5 Å². The Balaban J connectivity index is 1.35. The molecule has 3 aromatic rings. The predicted octanol–water partition coefficient (Wildman–Crippen LogP) is 4.53. The summed E-state index contributed by atoms with van der Waals surface area (Å²) >= 11 is 1.43. The van der Waals surface area contributed by atoms with Crippen molar-refractivity contribution in [2.75, 3.05) is 29.1 Å². The lowest BCUT2D eigenvalue weighted by atomic mass is 10.1. The molecule has 2 heterocycles. The van der Waals surface area contributed by atoms with Crippen molar-refractivity contribution >= 4 is 29.0 Å². The van der Waals surface area contributed by atoms with Gasteiger partial charge in [0, 0.05) is 37.4 Å². The Labute approximate surface area is 188 Å². The number of rotatable bonds is 8. The van der Waals surface area contributed by atoms with Gasteiger partial charge < -0.3 is 14.8 Å². The Morgan fingerprint density at radius 3 is 2.58 bits per heavy atom. The van der Waals surface area contributed by atoms with Crippen molar-refractivity contribution < 1.29 is 4.79 Å². The minimum Gasteiger partial charge on any atom is -0.372 e. The topological polar surface area (TPSA) is 63.1 Å². The highest BCUT2D eigenvalue weighted by Crippen LogP contribution is 2.26. The molecule has 162 valence electrons. The van der Waals surface area contributed by atoms with Gasteiger partial charge in [0.05, 0.1) is 5.75 Å². The average Bonchev–Trinajstić information content (AvgIpc) is 3.44. The standard InChI is InChI=1S/C24H29N5OS/c1-3-29-22(16-19-9-5-4-6-10-19)26-27-24(29)31-17-23(30)25-21-12-11-20(15-18(21)2)28-13-7-8-14-28/h4-6,9-12,15H,3,7-8,13-14,16-17H2,1-2H3,(H,25,30). The molecule has 0 spiro atoms. The molecule has 0 bridgehead atoms. The quantitative estimate of drug-likeness (QED) is 0.527. The largest absolute Gasteiger partial charge is 0.372 e. The first-order valence-corrected chi connectivity index (χ1v) is 11.9. The molecule has 1 aliphatic heterocycles. The molecule has 1 aromatic heterocycles. The van der Waals surface area contributed by atoms with E-state index in [0.29, 0.717) is 5.75 Å². The van der Waals surface area contributed by atoms with Crippen molar-refractivity contribution in [3.63, 3.8) is 0 Å². The molecule has 31 heavy (non-hydrogen) atoms. The summed E-state index contributed by atoms with van der Waals surface area (Å²) in [5.41, 5.74) is 4.40. The minimum absolute atomic E-state index is 0.0303.